The van der Waals surface area contributed by atoms with Crippen molar-refractivity contribution in [1.82, 2.24) is 15.3 Å². The van der Waals surface area contributed by atoms with E-state index in [0.29, 0.717) is 29.2 Å². The van der Waals surface area contributed by atoms with E-state index >= 15 is 0 Å². The van der Waals surface area contributed by atoms with Crippen molar-refractivity contribution in [1.29, 1.82) is 0 Å². The van der Waals surface area contributed by atoms with Crippen molar-refractivity contribution in [2.45, 2.75) is 31.5 Å². The van der Waals surface area contributed by atoms with Gasteiger partial charge in [0.2, 0.25) is 11.9 Å². The molecule has 1 aliphatic heterocycles. The van der Waals surface area contributed by atoms with Gasteiger partial charge in [-0.2, -0.15) is 0 Å². The van der Waals surface area contributed by atoms with Gasteiger partial charge >= 0.3 is 0 Å². The predicted molar refractivity (Wildman–Crippen MR) is 111 cm³/mol. The van der Waals surface area contributed by atoms with Crippen LogP contribution in [0.4, 0.5) is 14.7 Å². The second-order valence-electron chi connectivity index (χ2n) is 7.99. The lowest BCUT2D eigenvalue weighted by molar-refractivity contribution is -0.0300. The van der Waals surface area contributed by atoms with Gasteiger partial charge in [-0.25, -0.2) is 18.7 Å². The average molecular weight is 411 g/mol. The number of carbonyl (C=O) groups is 1. The molecule has 4 rings (SSSR count). The van der Waals surface area contributed by atoms with E-state index in [9.17, 15) is 13.6 Å². The lowest BCUT2D eigenvalue weighted by Gasteiger charge is -2.55. The van der Waals surface area contributed by atoms with Crippen molar-refractivity contribution in [3.05, 3.63) is 66.4 Å². The number of alkyl halides is 1. The summed E-state index contributed by atoms with van der Waals surface area (Å²) in [7, 11) is 0. The molecule has 4 N–H and O–H groups in total. The Morgan fingerprint density at radius 1 is 1.30 bits per heavy atom. The summed E-state index contributed by atoms with van der Waals surface area (Å²) >= 11 is 0. The Hall–Kier alpha value is -3.29. The van der Waals surface area contributed by atoms with E-state index in [-0.39, 0.29) is 18.7 Å². The van der Waals surface area contributed by atoms with Crippen LogP contribution in [0.2, 0.25) is 0 Å². The van der Waals surface area contributed by atoms with Crippen LogP contribution in [0.1, 0.15) is 30.1 Å². The number of benzene rings is 1. The first kappa shape index (κ1) is 20.0. The summed E-state index contributed by atoms with van der Waals surface area (Å²) < 4.78 is 28.5. The molecule has 30 heavy (non-hydrogen) atoms. The number of nitrogens with zero attached hydrogens (tertiary/aromatic N) is 2. The Labute approximate surface area is 173 Å². The minimum absolute atomic E-state index is 0.239. The molecule has 8 heteroatoms. The summed E-state index contributed by atoms with van der Waals surface area (Å²) in [5.74, 6) is -0.507. The molecule has 1 aliphatic carbocycles. The van der Waals surface area contributed by atoms with Gasteiger partial charge in [0.25, 0.3) is 0 Å². The fourth-order valence-electron chi connectivity index (χ4n) is 4.26. The quantitative estimate of drug-likeness (QED) is 0.677. The first-order valence-electron chi connectivity index (χ1n) is 9.74. The molecule has 0 radical (unpaired) electrons. The van der Waals surface area contributed by atoms with E-state index in [1.165, 1.54) is 6.08 Å². The van der Waals surface area contributed by atoms with E-state index in [1.54, 1.807) is 55.9 Å². The maximum absolute atomic E-state index is 14.7. The summed E-state index contributed by atoms with van der Waals surface area (Å²) in [5, 5.41) is 6.21. The van der Waals surface area contributed by atoms with Gasteiger partial charge in [0.15, 0.2) is 0 Å². The van der Waals surface area contributed by atoms with Crippen molar-refractivity contribution in [3.8, 4) is 11.1 Å². The zero-order chi connectivity index (χ0) is 21.4. The largest absolute Gasteiger partial charge is 0.379 e. The van der Waals surface area contributed by atoms with Crippen LogP contribution < -0.4 is 16.4 Å². The molecule has 1 amide bonds. The van der Waals surface area contributed by atoms with Crippen LogP contribution in [0.5, 0.6) is 0 Å². The van der Waals surface area contributed by atoms with Gasteiger partial charge in [-0.05, 0) is 49.7 Å². The highest BCUT2D eigenvalue weighted by atomic mass is 19.1. The number of nitrogens with two attached hydrogens (primary N) is 1. The van der Waals surface area contributed by atoms with Gasteiger partial charge in [-0.15, -0.1) is 0 Å². The third kappa shape index (κ3) is 3.32. The number of primary amides is 1. The highest BCUT2D eigenvalue weighted by Crippen LogP contribution is 2.54. The van der Waals surface area contributed by atoms with Gasteiger partial charge in [0.1, 0.15) is 12.0 Å². The van der Waals surface area contributed by atoms with Crippen molar-refractivity contribution in [3.63, 3.8) is 0 Å². The van der Waals surface area contributed by atoms with Crippen LogP contribution >= 0.6 is 0 Å². The Morgan fingerprint density at radius 3 is 2.63 bits per heavy atom. The van der Waals surface area contributed by atoms with Crippen LogP contribution in [-0.2, 0) is 0 Å². The molecule has 1 unspecified atom stereocenters. The number of hydrogen-bond acceptors (Lipinski definition) is 5. The van der Waals surface area contributed by atoms with Crippen LogP contribution in [0.15, 0.2) is 60.8 Å². The second kappa shape index (κ2) is 7.51. The van der Waals surface area contributed by atoms with Gasteiger partial charge in [-0.1, -0.05) is 18.2 Å². The number of anilines is 1. The normalized spacial score (nSPS) is 27.6. The average Bonchev–Trinajstić information content (AvgIpc) is 2.73. The molecule has 1 fully saturated rings. The SMILES string of the molecule is CC1([C@]2(CNc3ncc(-c4ccccc4C(N)=O)cn3)C[C@@H](F)C2)NC=CC=C1F. The van der Waals surface area contributed by atoms with E-state index in [2.05, 4.69) is 20.6 Å². The zero-order valence-corrected chi connectivity index (χ0v) is 16.5. The molecule has 1 aromatic heterocycles. The number of carbonyl (C=O) groups excluding carboxylic acids is 1. The summed E-state index contributed by atoms with van der Waals surface area (Å²) in [6.07, 6.45) is 7.38. The predicted octanol–water partition coefficient (Wildman–Crippen LogP) is 3.50. The van der Waals surface area contributed by atoms with E-state index in [4.69, 9.17) is 5.73 Å². The minimum atomic E-state index is -1.00. The molecule has 2 aliphatic rings. The fraction of sp³-hybridized carbons (Fsp3) is 0.318. The second-order valence-corrected chi connectivity index (χ2v) is 7.99. The number of hydrogen-bond donors (Lipinski definition) is 3. The smallest absolute Gasteiger partial charge is 0.249 e. The van der Waals surface area contributed by atoms with Gasteiger partial charge in [-0.3, -0.25) is 4.79 Å². The topological polar surface area (TPSA) is 92.9 Å². The van der Waals surface area contributed by atoms with Gasteiger partial charge in [0, 0.05) is 35.5 Å². The molecule has 0 spiro atoms. The number of halogens is 2. The first-order valence-corrected chi connectivity index (χ1v) is 9.74. The Balaban J connectivity index is 1.52. The number of dihydropyridines is 1. The molecule has 2 aromatic rings. The zero-order valence-electron chi connectivity index (χ0n) is 16.5. The van der Waals surface area contributed by atoms with Gasteiger partial charge < -0.3 is 16.4 Å². The molecule has 6 nitrogen and oxygen atoms in total. The Morgan fingerprint density at radius 2 is 2.00 bits per heavy atom. The number of nitrogens with one attached hydrogen (secondary N) is 2. The summed E-state index contributed by atoms with van der Waals surface area (Å²) in [6, 6.07) is 6.95. The maximum atomic E-state index is 14.7. The molecule has 1 aromatic carbocycles. The third-order valence-corrected chi connectivity index (χ3v) is 6.21. The fourth-order valence-corrected chi connectivity index (χ4v) is 4.26. The van der Waals surface area contributed by atoms with Crippen molar-refractivity contribution in [2.24, 2.45) is 11.1 Å². The van der Waals surface area contributed by atoms with E-state index < -0.39 is 23.0 Å². The molecule has 156 valence electrons. The molecule has 0 saturated heterocycles. The molecule has 1 saturated carbocycles. The van der Waals surface area contributed by atoms with Gasteiger partial charge in [0.05, 0.1) is 5.54 Å². The van der Waals surface area contributed by atoms with Crippen LogP contribution in [0, 0.1) is 5.41 Å². The molecular weight excluding hydrogens is 388 g/mol. The first-order chi connectivity index (χ1) is 14.3. The molecular formula is C22H23F2N5O. The van der Waals surface area contributed by atoms with E-state index in [1.807, 2.05) is 0 Å². The van der Waals surface area contributed by atoms with Crippen LogP contribution in [0.3, 0.4) is 0 Å². The van der Waals surface area contributed by atoms with Crippen molar-refractivity contribution < 1.29 is 13.6 Å². The molecule has 2 heterocycles. The summed E-state index contributed by atoms with van der Waals surface area (Å²) in [5.41, 5.74) is 5.46. The summed E-state index contributed by atoms with van der Waals surface area (Å²) in [6.45, 7) is 2.06. The van der Waals surface area contributed by atoms with Crippen molar-refractivity contribution >= 4 is 11.9 Å². The number of allylic oxidation sites excluding steroid dienone is 2. The minimum Gasteiger partial charge on any atom is -0.379 e. The van der Waals surface area contributed by atoms with E-state index in [0.717, 1.165) is 0 Å². The number of rotatable bonds is 6. The lowest BCUT2D eigenvalue weighted by atomic mass is 9.55. The monoisotopic (exact) mass is 411 g/mol. The molecule has 1 atom stereocenters. The van der Waals surface area contributed by atoms with Crippen LogP contribution in [0.25, 0.3) is 11.1 Å². The summed E-state index contributed by atoms with van der Waals surface area (Å²) in [4.78, 5) is 20.3. The number of aromatic nitrogens is 2. The highest BCUT2D eigenvalue weighted by molar-refractivity contribution is 5.99. The highest BCUT2D eigenvalue weighted by Gasteiger charge is 2.58. The Bertz CT molecular complexity index is 1010. The molecule has 0 bridgehead atoms. The standard InChI is InChI=1S/C22H23F2N5O/c1-21(18(24)7-4-8-29-21)22(9-15(23)10-22)13-28-20-26-11-14(12-27-20)16-5-2-3-6-17(16)19(25)30/h2-8,11-12,15,29H,9-10,13H2,1H3,(H2,25,30)(H,26,27,28)/t15-,21?,22-. The van der Waals surface area contributed by atoms with Crippen molar-refractivity contribution in [2.75, 3.05) is 11.9 Å². The Kier molecular flexibility index (Phi) is 5.01. The lowest BCUT2D eigenvalue weighted by Crippen LogP contribution is -2.64. The van der Waals surface area contributed by atoms with Crippen LogP contribution in [-0.4, -0.2) is 34.1 Å². The number of amides is 1. The third-order valence-electron chi connectivity index (χ3n) is 6.21. The maximum Gasteiger partial charge on any atom is 0.249 e.